The van der Waals surface area contributed by atoms with E-state index in [1.807, 2.05) is 0 Å². The van der Waals surface area contributed by atoms with Gasteiger partial charge in [0.05, 0.1) is 5.75 Å². The Morgan fingerprint density at radius 1 is 1.39 bits per heavy atom. The van der Waals surface area contributed by atoms with E-state index in [4.69, 9.17) is 4.74 Å². The second kappa shape index (κ2) is 5.61. The van der Waals surface area contributed by atoms with Crippen molar-refractivity contribution < 1.29 is 9.53 Å². The maximum Gasteiger partial charge on any atom is 0.316 e. The molecule has 0 amide bonds. The van der Waals surface area contributed by atoms with Crippen LogP contribution in [-0.2, 0) is 9.53 Å². The molecule has 3 rings (SSSR count). The third-order valence-corrected chi connectivity index (χ3v) is 6.99. The van der Waals surface area contributed by atoms with Crippen molar-refractivity contribution in [3.63, 3.8) is 0 Å². The van der Waals surface area contributed by atoms with Gasteiger partial charge in [-0.15, -0.1) is 10.2 Å². The molecule has 2 fully saturated rings. The second-order valence-corrected chi connectivity index (χ2v) is 8.39. The van der Waals surface area contributed by atoms with E-state index in [-0.39, 0.29) is 34.2 Å². The first-order valence-corrected chi connectivity index (χ1v) is 8.98. The molecule has 7 heteroatoms. The predicted octanol–water partition coefficient (Wildman–Crippen LogP) is 2.32. The monoisotopic (exact) mass is 337 g/mol. The van der Waals surface area contributed by atoms with Crippen LogP contribution in [0.4, 0.5) is 0 Å². The van der Waals surface area contributed by atoms with Crippen molar-refractivity contribution in [2.45, 2.75) is 58.2 Å². The lowest BCUT2D eigenvalue weighted by atomic mass is 9.70. The summed E-state index contributed by atoms with van der Waals surface area (Å²) in [7, 11) is 0. The van der Waals surface area contributed by atoms with E-state index in [2.05, 4.69) is 36.0 Å². The van der Waals surface area contributed by atoms with Gasteiger partial charge in [0.1, 0.15) is 11.8 Å². The van der Waals surface area contributed by atoms with Gasteiger partial charge in [-0.3, -0.25) is 14.6 Å². The van der Waals surface area contributed by atoms with E-state index in [1.165, 1.54) is 6.42 Å². The highest BCUT2D eigenvalue weighted by Crippen LogP contribution is 2.66. The number of aryl methyl sites for hydroxylation is 1. The average molecular weight is 337 g/mol. The normalized spacial score (nSPS) is 31.3. The SMILES string of the molecule is Cc1nnc(SCC(=O)O[C@@H]2C[C@@H]3CC[C@@]2(C)C3(C)C)[nH]c1=O. The summed E-state index contributed by atoms with van der Waals surface area (Å²) >= 11 is 1.15. The molecule has 1 heterocycles. The Bertz CT molecular complexity index is 687. The van der Waals surface area contributed by atoms with Crippen LogP contribution in [0.25, 0.3) is 0 Å². The number of aromatic amines is 1. The standard InChI is InChI=1S/C16H23N3O3S/c1-9-13(21)17-14(19-18-9)23-8-12(20)22-11-7-10-5-6-16(11,4)15(10,2)3/h10-11H,5-8H2,1-4H3,(H,17,19,21)/t10-,11+,16+/m0/s1. The van der Waals surface area contributed by atoms with Crippen LogP contribution in [0.3, 0.4) is 0 Å². The molecule has 1 N–H and O–H groups in total. The van der Waals surface area contributed by atoms with E-state index >= 15 is 0 Å². The second-order valence-electron chi connectivity index (χ2n) is 7.42. The topological polar surface area (TPSA) is 84.9 Å². The van der Waals surface area contributed by atoms with Crippen LogP contribution in [0.2, 0.25) is 0 Å². The molecular formula is C16H23N3O3S. The summed E-state index contributed by atoms with van der Waals surface area (Å²) in [5.74, 6) is 0.510. The fraction of sp³-hybridized carbons (Fsp3) is 0.750. The summed E-state index contributed by atoms with van der Waals surface area (Å²) in [4.78, 5) is 26.2. The van der Waals surface area contributed by atoms with E-state index in [1.54, 1.807) is 6.92 Å². The van der Waals surface area contributed by atoms with Gasteiger partial charge in [0.25, 0.3) is 5.56 Å². The summed E-state index contributed by atoms with van der Waals surface area (Å²) in [6.45, 7) is 8.42. The Morgan fingerprint density at radius 3 is 2.70 bits per heavy atom. The summed E-state index contributed by atoms with van der Waals surface area (Å²) in [5, 5.41) is 7.97. The minimum atomic E-state index is -0.279. The van der Waals surface area contributed by atoms with Gasteiger partial charge in [-0.1, -0.05) is 32.5 Å². The molecule has 6 nitrogen and oxygen atoms in total. The quantitative estimate of drug-likeness (QED) is 0.670. The van der Waals surface area contributed by atoms with E-state index in [0.717, 1.165) is 24.6 Å². The Morgan fingerprint density at radius 2 is 2.13 bits per heavy atom. The van der Waals surface area contributed by atoms with Crippen molar-refractivity contribution in [2.75, 3.05) is 5.75 Å². The number of carbonyl (C=O) groups excluding carboxylic acids is 1. The number of thioether (sulfide) groups is 1. The highest BCUT2D eigenvalue weighted by molar-refractivity contribution is 7.99. The zero-order valence-electron chi connectivity index (χ0n) is 14.0. The number of hydrogen-bond acceptors (Lipinski definition) is 6. The number of ether oxygens (including phenoxy) is 1. The first kappa shape index (κ1) is 16.5. The summed E-state index contributed by atoms with van der Waals surface area (Å²) in [5.41, 5.74) is 0.321. The van der Waals surface area contributed by atoms with Gasteiger partial charge < -0.3 is 4.74 Å². The number of nitrogens with zero attached hydrogens (tertiary/aromatic N) is 2. The van der Waals surface area contributed by atoms with Gasteiger partial charge in [0.2, 0.25) is 0 Å². The maximum absolute atomic E-state index is 12.2. The van der Waals surface area contributed by atoms with Crippen molar-refractivity contribution in [3.05, 3.63) is 16.0 Å². The molecule has 2 aliphatic carbocycles. The Hall–Kier alpha value is -1.37. The molecule has 2 aliphatic rings. The fourth-order valence-corrected chi connectivity index (χ4v) is 4.66. The molecule has 1 aromatic rings. The molecule has 23 heavy (non-hydrogen) atoms. The third-order valence-electron chi connectivity index (χ3n) is 6.15. The van der Waals surface area contributed by atoms with Crippen molar-refractivity contribution in [3.8, 4) is 0 Å². The van der Waals surface area contributed by atoms with Gasteiger partial charge >= 0.3 is 5.97 Å². The van der Waals surface area contributed by atoms with E-state index in [9.17, 15) is 9.59 Å². The van der Waals surface area contributed by atoms with Crippen molar-refractivity contribution in [1.82, 2.24) is 15.2 Å². The number of hydrogen-bond donors (Lipinski definition) is 1. The van der Waals surface area contributed by atoms with Gasteiger partial charge in [0.15, 0.2) is 5.16 Å². The van der Waals surface area contributed by atoms with E-state index in [0.29, 0.717) is 16.8 Å². The lowest BCUT2D eigenvalue weighted by Crippen LogP contribution is -2.38. The van der Waals surface area contributed by atoms with E-state index < -0.39 is 0 Å². The molecule has 0 radical (unpaired) electrons. The largest absolute Gasteiger partial charge is 0.461 e. The van der Waals surface area contributed by atoms with Gasteiger partial charge in [0, 0.05) is 5.41 Å². The first-order chi connectivity index (χ1) is 10.7. The third kappa shape index (κ3) is 2.69. The van der Waals surface area contributed by atoms with Crippen LogP contribution >= 0.6 is 11.8 Å². The fourth-order valence-electron chi connectivity index (χ4n) is 4.07. The lowest BCUT2D eigenvalue weighted by molar-refractivity contribution is -0.153. The molecule has 0 aliphatic heterocycles. The molecule has 3 atom stereocenters. The number of H-pyrrole nitrogens is 1. The molecule has 0 aromatic carbocycles. The van der Waals surface area contributed by atoms with Crippen molar-refractivity contribution in [1.29, 1.82) is 0 Å². The van der Waals surface area contributed by atoms with Crippen molar-refractivity contribution >= 4 is 17.7 Å². The average Bonchev–Trinajstić information content (AvgIpc) is 2.82. The summed E-state index contributed by atoms with van der Waals surface area (Å²) < 4.78 is 5.76. The highest BCUT2D eigenvalue weighted by Gasteiger charge is 2.62. The number of nitrogens with one attached hydrogen (secondary N) is 1. The zero-order chi connectivity index (χ0) is 16.8. The van der Waals surface area contributed by atoms with Crippen LogP contribution in [0.1, 0.15) is 45.7 Å². The lowest BCUT2D eigenvalue weighted by Gasteiger charge is -2.38. The first-order valence-electron chi connectivity index (χ1n) is 8.00. The summed E-state index contributed by atoms with van der Waals surface area (Å²) in [6, 6.07) is 0. The highest BCUT2D eigenvalue weighted by atomic mass is 32.2. The molecule has 126 valence electrons. The van der Waals surface area contributed by atoms with Crippen LogP contribution in [0.5, 0.6) is 0 Å². The minimum absolute atomic E-state index is 0.00694. The van der Waals surface area contributed by atoms with Crippen LogP contribution in [0, 0.1) is 23.7 Å². The predicted molar refractivity (Wildman–Crippen MR) is 87.2 cm³/mol. The number of fused-ring (bicyclic) bond motifs is 2. The number of rotatable bonds is 4. The van der Waals surface area contributed by atoms with Crippen molar-refractivity contribution in [2.24, 2.45) is 16.7 Å². The molecule has 2 saturated carbocycles. The number of carbonyl (C=O) groups is 1. The molecular weight excluding hydrogens is 314 g/mol. The molecule has 0 unspecified atom stereocenters. The zero-order valence-corrected chi connectivity index (χ0v) is 14.8. The summed E-state index contributed by atoms with van der Waals surface area (Å²) in [6.07, 6.45) is 3.30. The molecule has 1 aromatic heterocycles. The molecule has 2 bridgehead atoms. The van der Waals surface area contributed by atoms with Gasteiger partial charge in [-0.05, 0) is 37.5 Å². The smallest absolute Gasteiger partial charge is 0.316 e. The van der Waals surface area contributed by atoms with Crippen LogP contribution in [-0.4, -0.2) is 33.0 Å². The maximum atomic E-state index is 12.2. The molecule has 0 spiro atoms. The van der Waals surface area contributed by atoms with Crippen LogP contribution < -0.4 is 5.56 Å². The number of esters is 1. The Kier molecular flexibility index (Phi) is 4.02. The molecule has 0 saturated heterocycles. The number of aromatic nitrogens is 3. The Balaban J connectivity index is 1.58. The minimum Gasteiger partial charge on any atom is -0.461 e. The van der Waals surface area contributed by atoms with Gasteiger partial charge in [-0.2, -0.15) is 0 Å². The van der Waals surface area contributed by atoms with Crippen LogP contribution in [0.15, 0.2) is 9.95 Å². The van der Waals surface area contributed by atoms with Gasteiger partial charge in [-0.25, -0.2) is 0 Å². The Labute approximate surface area is 139 Å².